The number of hydrogen-bond acceptors (Lipinski definition) is 3. The zero-order valence-corrected chi connectivity index (χ0v) is 12.0. The van der Waals surface area contributed by atoms with Crippen LogP contribution in [0.1, 0.15) is 11.1 Å². The molecule has 0 atom stereocenters. The number of nitriles is 1. The Kier molecular flexibility index (Phi) is 5.33. The number of anilines is 1. The van der Waals surface area contributed by atoms with Gasteiger partial charge in [0.2, 0.25) is 5.91 Å². The topological polar surface area (TPSA) is 64.9 Å². The number of nitrogens with one attached hydrogen (secondary N) is 2. The number of rotatable bonds is 5. The minimum Gasteiger partial charge on any atom is -0.325 e. The molecule has 0 radical (unpaired) electrons. The third-order valence-corrected chi connectivity index (χ3v) is 3.01. The molecule has 1 amide bonds. The number of hydrogen-bond donors (Lipinski definition) is 2. The fourth-order valence-electron chi connectivity index (χ4n) is 1.84. The Balaban J connectivity index is 1.80. The Hall–Kier alpha value is -2.35. The lowest BCUT2D eigenvalue weighted by molar-refractivity contribution is -0.115. The fourth-order valence-corrected chi connectivity index (χ4v) is 2.03. The van der Waals surface area contributed by atoms with Gasteiger partial charge in [-0.15, -0.1) is 0 Å². The first-order valence-electron chi connectivity index (χ1n) is 6.42. The van der Waals surface area contributed by atoms with Crippen LogP contribution in [0.4, 0.5) is 5.69 Å². The molecule has 0 heterocycles. The highest BCUT2D eigenvalue weighted by molar-refractivity contribution is 6.30. The van der Waals surface area contributed by atoms with Crippen molar-refractivity contribution in [3.63, 3.8) is 0 Å². The summed E-state index contributed by atoms with van der Waals surface area (Å²) in [6, 6.07) is 16.3. The standard InChI is InChI=1S/C16H14ClN3O/c17-14-5-2-6-15(8-14)20-16(21)11-19-10-13-4-1-3-12(7-13)9-18/h1-8,19H,10-11H2,(H,20,21). The van der Waals surface area contributed by atoms with Gasteiger partial charge in [0.25, 0.3) is 0 Å². The molecule has 2 N–H and O–H groups in total. The number of carbonyl (C=O) groups is 1. The molecule has 0 saturated heterocycles. The van der Waals surface area contributed by atoms with Crippen molar-refractivity contribution in [3.05, 3.63) is 64.7 Å². The lowest BCUT2D eigenvalue weighted by Gasteiger charge is -2.07. The van der Waals surface area contributed by atoms with Crippen LogP contribution in [0.15, 0.2) is 48.5 Å². The highest BCUT2D eigenvalue weighted by Gasteiger charge is 2.02. The minimum absolute atomic E-state index is 0.145. The Morgan fingerprint density at radius 3 is 2.76 bits per heavy atom. The zero-order chi connectivity index (χ0) is 15.1. The van der Waals surface area contributed by atoms with Crippen molar-refractivity contribution in [2.75, 3.05) is 11.9 Å². The van der Waals surface area contributed by atoms with Crippen LogP contribution in [0.3, 0.4) is 0 Å². The lowest BCUT2D eigenvalue weighted by atomic mass is 10.1. The predicted octanol–water partition coefficient (Wildman–Crippen LogP) is 2.94. The van der Waals surface area contributed by atoms with E-state index in [-0.39, 0.29) is 12.5 Å². The maximum absolute atomic E-state index is 11.8. The molecule has 21 heavy (non-hydrogen) atoms. The van der Waals surface area contributed by atoms with Crippen LogP contribution >= 0.6 is 11.6 Å². The van der Waals surface area contributed by atoms with Gasteiger partial charge in [-0.2, -0.15) is 5.26 Å². The fraction of sp³-hybridized carbons (Fsp3) is 0.125. The average molecular weight is 300 g/mol. The Morgan fingerprint density at radius 2 is 2.00 bits per heavy atom. The normalized spacial score (nSPS) is 9.90. The van der Waals surface area contributed by atoms with E-state index in [4.69, 9.17) is 16.9 Å². The number of carbonyl (C=O) groups excluding carboxylic acids is 1. The van der Waals surface area contributed by atoms with Gasteiger partial charge in [-0.3, -0.25) is 4.79 Å². The maximum atomic E-state index is 11.8. The van der Waals surface area contributed by atoms with E-state index in [1.165, 1.54) is 0 Å². The molecule has 0 aliphatic heterocycles. The van der Waals surface area contributed by atoms with E-state index >= 15 is 0 Å². The second-order valence-corrected chi connectivity index (χ2v) is 4.91. The number of halogens is 1. The van der Waals surface area contributed by atoms with Gasteiger partial charge in [0.1, 0.15) is 0 Å². The number of amides is 1. The summed E-state index contributed by atoms with van der Waals surface area (Å²) in [5.41, 5.74) is 2.24. The van der Waals surface area contributed by atoms with Crippen LogP contribution < -0.4 is 10.6 Å². The summed E-state index contributed by atoms with van der Waals surface area (Å²) in [6.07, 6.45) is 0. The Morgan fingerprint density at radius 1 is 1.19 bits per heavy atom. The molecule has 4 nitrogen and oxygen atoms in total. The summed E-state index contributed by atoms with van der Waals surface area (Å²) < 4.78 is 0. The molecule has 106 valence electrons. The van der Waals surface area contributed by atoms with E-state index in [1.807, 2.05) is 12.1 Å². The van der Waals surface area contributed by atoms with E-state index in [2.05, 4.69) is 16.7 Å². The minimum atomic E-state index is -0.145. The van der Waals surface area contributed by atoms with Gasteiger partial charge in [-0.05, 0) is 35.9 Å². The van der Waals surface area contributed by atoms with Crippen molar-refractivity contribution < 1.29 is 4.79 Å². The summed E-state index contributed by atoms with van der Waals surface area (Å²) in [6.45, 7) is 0.710. The van der Waals surface area contributed by atoms with Crippen LogP contribution in [0.5, 0.6) is 0 Å². The molecule has 0 spiro atoms. The Labute approximate surface area is 128 Å². The number of nitrogens with zero attached hydrogens (tertiary/aromatic N) is 1. The summed E-state index contributed by atoms with van der Waals surface area (Å²) in [4.78, 5) is 11.8. The van der Waals surface area contributed by atoms with Gasteiger partial charge >= 0.3 is 0 Å². The number of benzene rings is 2. The first kappa shape index (κ1) is 15.0. The van der Waals surface area contributed by atoms with E-state index < -0.39 is 0 Å². The molecule has 0 aliphatic rings. The molecule has 0 bridgehead atoms. The van der Waals surface area contributed by atoms with Gasteiger partial charge in [0.05, 0.1) is 18.2 Å². The molecular weight excluding hydrogens is 286 g/mol. The van der Waals surface area contributed by atoms with Gasteiger partial charge < -0.3 is 10.6 Å². The van der Waals surface area contributed by atoms with Crippen LogP contribution in [0, 0.1) is 11.3 Å². The van der Waals surface area contributed by atoms with Crippen molar-refractivity contribution in [1.29, 1.82) is 5.26 Å². The van der Waals surface area contributed by atoms with Crippen LogP contribution in [-0.4, -0.2) is 12.5 Å². The maximum Gasteiger partial charge on any atom is 0.238 e. The molecule has 2 rings (SSSR count). The highest BCUT2D eigenvalue weighted by Crippen LogP contribution is 2.14. The predicted molar refractivity (Wildman–Crippen MR) is 82.9 cm³/mol. The first-order chi connectivity index (χ1) is 10.2. The van der Waals surface area contributed by atoms with E-state index in [9.17, 15) is 4.79 Å². The highest BCUT2D eigenvalue weighted by atomic mass is 35.5. The summed E-state index contributed by atoms with van der Waals surface area (Å²) in [5.74, 6) is -0.145. The molecule has 0 aliphatic carbocycles. The second kappa shape index (κ2) is 7.44. The van der Waals surface area contributed by atoms with Gasteiger partial charge in [-0.1, -0.05) is 29.8 Å². The second-order valence-electron chi connectivity index (χ2n) is 4.47. The molecule has 2 aromatic carbocycles. The third kappa shape index (κ3) is 4.92. The molecule has 0 aromatic heterocycles. The SMILES string of the molecule is N#Cc1cccc(CNCC(=O)Nc2cccc(Cl)c2)c1. The molecule has 5 heteroatoms. The van der Waals surface area contributed by atoms with E-state index in [0.717, 1.165) is 5.56 Å². The van der Waals surface area contributed by atoms with Crippen molar-refractivity contribution in [2.24, 2.45) is 0 Å². The third-order valence-electron chi connectivity index (χ3n) is 2.78. The average Bonchev–Trinajstić information content (AvgIpc) is 2.47. The van der Waals surface area contributed by atoms with Crippen LogP contribution in [0.25, 0.3) is 0 Å². The largest absolute Gasteiger partial charge is 0.325 e. The monoisotopic (exact) mass is 299 g/mol. The van der Waals surface area contributed by atoms with Crippen molar-refractivity contribution >= 4 is 23.2 Å². The lowest BCUT2D eigenvalue weighted by Crippen LogP contribution is -2.27. The van der Waals surface area contributed by atoms with Gasteiger partial charge in [0.15, 0.2) is 0 Å². The summed E-state index contributed by atoms with van der Waals surface area (Å²) >= 11 is 5.85. The quantitative estimate of drug-likeness (QED) is 0.892. The van der Waals surface area contributed by atoms with Gasteiger partial charge in [-0.25, -0.2) is 0 Å². The molecular formula is C16H14ClN3O. The molecule has 0 unspecified atom stereocenters. The smallest absolute Gasteiger partial charge is 0.238 e. The van der Waals surface area contributed by atoms with Crippen molar-refractivity contribution in [1.82, 2.24) is 5.32 Å². The van der Waals surface area contributed by atoms with Crippen LogP contribution in [0.2, 0.25) is 5.02 Å². The zero-order valence-electron chi connectivity index (χ0n) is 11.3. The molecule has 2 aromatic rings. The van der Waals surface area contributed by atoms with E-state index in [1.54, 1.807) is 36.4 Å². The van der Waals surface area contributed by atoms with Crippen molar-refractivity contribution in [3.8, 4) is 6.07 Å². The summed E-state index contributed by atoms with van der Waals surface area (Å²) in [7, 11) is 0. The van der Waals surface area contributed by atoms with Crippen LogP contribution in [-0.2, 0) is 11.3 Å². The summed E-state index contributed by atoms with van der Waals surface area (Å²) in [5, 5.41) is 15.2. The first-order valence-corrected chi connectivity index (χ1v) is 6.80. The van der Waals surface area contributed by atoms with Gasteiger partial charge in [0, 0.05) is 17.3 Å². The molecule has 0 fully saturated rings. The van der Waals surface area contributed by atoms with Crippen molar-refractivity contribution in [2.45, 2.75) is 6.54 Å². The Bertz CT molecular complexity index is 679. The molecule has 0 saturated carbocycles. The van der Waals surface area contributed by atoms with E-state index in [0.29, 0.717) is 22.8 Å².